The van der Waals surface area contributed by atoms with Gasteiger partial charge >= 0.3 is 11.9 Å². The number of benzene rings is 3. The number of carbonyl (C=O) groups is 2. The first-order valence-corrected chi connectivity index (χ1v) is 20.7. The molecule has 3 aromatic carbocycles. The number of hydrogen-bond acceptors (Lipinski definition) is 7. The molecular formula is C47H66O7. The maximum atomic E-state index is 13.7. The number of carbonyl (C=O) groups excluding carboxylic acids is 2. The Kier molecular flexibility index (Phi) is 21.7. The molecule has 54 heavy (non-hydrogen) atoms. The lowest BCUT2D eigenvalue weighted by Gasteiger charge is -2.19. The fourth-order valence-corrected chi connectivity index (χ4v) is 6.03. The number of ether oxygens (including phenoxy) is 5. The maximum absolute atomic E-state index is 13.7. The molecule has 0 spiro atoms. The molecule has 0 aliphatic rings. The SMILES string of the molecule is C=C(C)C(=O)Oc1ccc(-c2ccc(OC(=O)c3cc(OCCCCCCCC)c(OCCCCCCCC)c(OCCCCCCCC)c3)cc2)cc1. The van der Waals surface area contributed by atoms with Crippen LogP contribution in [0, 0.1) is 0 Å². The number of esters is 2. The van der Waals surface area contributed by atoms with Crippen LogP contribution in [0.25, 0.3) is 11.1 Å². The van der Waals surface area contributed by atoms with Gasteiger partial charge in [0.25, 0.3) is 0 Å². The molecule has 7 nitrogen and oxygen atoms in total. The Labute approximate surface area is 325 Å². The molecule has 0 aromatic heterocycles. The quantitative estimate of drug-likeness (QED) is 0.0303. The fraction of sp³-hybridized carbons (Fsp3) is 0.532. The highest BCUT2D eigenvalue weighted by atomic mass is 16.5. The minimum absolute atomic E-state index is 0.339. The molecule has 0 atom stereocenters. The zero-order valence-electron chi connectivity index (χ0n) is 33.7. The van der Waals surface area contributed by atoms with Gasteiger partial charge in [0.05, 0.1) is 25.4 Å². The van der Waals surface area contributed by atoms with Gasteiger partial charge in [-0.3, -0.25) is 0 Å². The number of rotatable bonds is 29. The molecule has 0 heterocycles. The van der Waals surface area contributed by atoms with Crippen molar-refractivity contribution in [2.24, 2.45) is 0 Å². The van der Waals surface area contributed by atoms with E-state index in [1.807, 2.05) is 24.3 Å². The Hall–Kier alpha value is -4.26. The molecule has 0 bridgehead atoms. The smallest absolute Gasteiger partial charge is 0.343 e. The van der Waals surface area contributed by atoms with Crippen LogP contribution in [0.3, 0.4) is 0 Å². The summed E-state index contributed by atoms with van der Waals surface area (Å²) in [6.07, 6.45) is 20.8. The Balaban J connectivity index is 1.77. The summed E-state index contributed by atoms with van der Waals surface area (Å²) in [4.78, 5) is 25.5. The van der Waals surface area contributed by atoms with E-state index in [9.17, 15) is 9.59 Å². The van der Waals surface area contributed by atoms with E-state index >= 15 is 0 Å². The Bertz CT molecular complexity index is 1470. The lowest BCUT2D eigenvalue weighted by molar-refractivity contribution is -0.130. The third-order valence-electron chi connectivity index (χ3n) is 9.32. The minimum Gasteiger partial charge on any atom is -0.490 e. The van der Waals surface area contributed by atoms with Crippen LogP contribution in [-0.2, 0) is 4.79 Å². The molecule has 0 amide bonds. The van der Waals surface area contributed by atoms with E-state index in [1.165, 1.54) is 77.0 Å². The van der Waals surface area contributed by atoms with Gasteiger partial charge in [0.1, 0.15) is 11.5 Å². The predicted molar refractivity (Wildman–Crippen MR) is 220 cm³/mol. The lowest BCUT2D eigenvalue weighted by Crippen LogP contribution is -2.12. The molecule has 0 saturated carbocycles. The van der Waals surface area contributed by atoms with Crippen LogP contribution in [-0.4, -0.2) is 31.8 Å². The summed E-state index contributed by atoms with van der Waals surface area (Å²) in [7, 11) is 0. The van der Waals surface area contributed by atoms with E-state index < -0.39 is 11.9 Å². The minimum atomic E-state index is -0.497. The van der Waals surface area contributed by atoms with Crippen LogP contribution in [0.5, 0.6) is 28.7 Å². The molecule has 296 valence electrons. The van der Waals surface area contributed by atoms with Crippen molar-refractivity contribution in [1.82, 2.24) is 0 Å². The predicted octanol–water partition coefficient (Wildman–Crippen LogP) is 13.3. The summed E-state index contributed by atoms with van der Waals surface area (Å²) in [5, 5.41) is 0. The van der Waals surface area contributed by atoms with Gasteiger partial charge in [-0.15, -0.1) is 0 Å². The monoisotopic (exact) mass is 742 g/mol. The summed E-state index contributed by atoms with van der Waals surface area (Å²) in [6.45, 7) is 13.5. The molecule has 0 fully saturated rings. The van der Waals surface area contributed by atoms with Crippen LogP contribution >= 0.6 is 0 Å². The van der Waals surface area contributed by atoms with Crippen LogP contribution in [0.15, 0.2) is 72.8 Å². The van der Waals surface area contributed by atoms with Crippen LogP contribution in [0.1, 0.15) is 154 Å². The summed E-state index contributed by atoms with van der Waals surface area (Å²) in [6, 6.07) is 18.0. The van der Waals surface area contributed by atoms with Crippen molar-refractivity contribution >= 4 is 11.9 Å². The summed E-state index contributed by atoms with van der Waals surface area (Å²) in [5.74, 6) is 1.52. The zero-order valence-corrected chi connectivity index (χ0v) is 33.7. The van der Waals surface area contributed by atoms with Crippen molar-refractivity contribution in [1.29, 1.82) is 0 Å². The first-order chi connectivity index (χ1) is 26.4. The second-order valence-corrected chi connectivity index (χ2v) is 14.3. The van der Waals surface area contributed by atoms with Crippen molar-refractivity contribution in [2.45, 2.75) is 143 Å². The van der Waals surface area contributed by atoms with Gasteiger partial charge in [-0.05, 0) is 73.7 Å². The van der Waals surface area contributed by atoms with Gasteiger partial charge in [0.15, 0.2) is 11.5 Å². The van der Waals surface area contributed by atoms with E-state index in [1.54, 1.807) is 43.3 Å². The summed E-state index contributed by atoms with van der Waals surface area (Å²) < 4.78 is 30.3. The Morgan fingerprint density at radius 2 is 0.870 bits per heavy atom. The van der Waals surface area contributed by atoms with Gasteiger partial charge in [0, 0.05) is 5.57 Å². The molecule has 0 N–H and O–H groups in total. The van der Waals surface area contributed by atoms with Crippen molar-refractivity contribution in [3.05, 3.63) is 78.4 Å². The van der Waals surface area contributed by atoms with Gasteiger partial charge in [-0.1, -0.05) is 148 Å². The van der Waals surface area contributed by atoms with Crippen LogP contribution in [0.4, 0.5) is 0 Å². The van der Waals surface area contributed by atoms with E-state index in [0.717, 1.165) is 49.7 Å². The first kappa shape index (κ1) is 44.1. The first-order valence-electron chi connectivity index (χ1n) is 20.7. The van der Waals surface area contributed by atoms with Crippen molar-refractivity contribution in [3.63, 3.8) is 0 Å². The van der Waals surface area contributed by atoms with E-state index in [-0.39, 0.29) is 0 Å². The van der Waals surface area contributed by atoms with E-state index in [2.05, 4.69) is 27.4 Å². The molecule has 0 aliphatic carbocycles. The van der Waals surface area contributed by atoms with Gasteiger partial charge in [-0.2, -0.15) is 0 Å². The highest BCUT2D eigenvalue weighted by Crippen LogP contribution is 2.40. The molecule has 0 unspecified atom stereocenters. The third-order valence-corrected chi connectivity index (χ3v) is 9.32. The number of hydrogen-bond donors (Lipinski definition) is 0. The fourth-order valence-electron chi connectivity index (χ4n) is 6.03. The molecule has 3 rings (SSSR count). The average Bonchev–Trinajstić information content (AvgIpc) is 3.17. The molecule has 0 aliphatic heterocycles. The average molecular weight is 743 g/mol. The van der Waals surface area contributed by atoms with E-state index in [0.29, 0.717) is 59.7 Å². The zero-order chi connectivity index (χ0) is 38.8. The lowest BCUT2D eigenvalue weighted by atomic mass is 10.1. The van der Waals surface area contributed by atoms with Crippen LogP contribution in [0.2, 0.25) is 0 Å². The largest absolute Gasteiger partial charge is 0.490 e. The van der Waals surface area contributed by atoms with Gasteiger partial charge in [-0.25, -0.2) is 9.59 Å². The second-order valence-electron chi connectivity index (χ2n) is 14.3. The molecular weight excluding hydrogens is 677 g/mol. The van der Waals surface area contributed by atoms with Crippen molar-refractivity contribution in [3.8, 4) is 39.9 Å². The Morgan fingerprint density at radius 3 is 1.28 bits per heavy atom. The van der Waals surface area contributed by atoms with Crippen molar-refractivity contribution < 1.29 is 33.3 Å². The molecule has 0 saturated heterocycles. The highest BCUT2D eigenvalue weighted by Gasteiger charge is 2.21. The normalized spacial score (nSPS) is 10.9. The number of unbranched alkanes of at least 4 members (excludes halogenated alkanes) is 15. The van der Waals surface area contributed by atoms with Gasteiger partial charge < -0.3 is 23.7 Å². The maximum Gasteiger partial charge on any atom is 0.343 e. The standard InChI is InChI=1S/C47H66O7/c1-6-9-12-15-18-21-32-50-43-35-40(36-44(51-33-22-19-16-13-10-7-2)45(43)52-34-23-20-17-14-11-8-3)47(49)54-42-30-26-39(27-31-42)38-24-28-41(29-25-38)53-46(48)37(4)5/h24-31,35-36H,4,6-23,32-34H2,1-3,5H3. The third kappa shape index (κ3) is 16.8. The topological polar surface area (TPSA) is 80.3 Å². The summed E-state index contributed by atoms with van der Waals surface area (Å²) >= 11 is 0. The Morgan fingerprint density at radius 1 is 0.500 bits per heavy atom. The second kappa shape index (κ2) is 26.5. The molecule has 0 radical (unpaired) electrons. The molecule has 7 heteroatoms. The summed E-state index contributed by atoms with van der Waals surface area (Å²) in [5.41, 5.74) is 2.54. The molecule has 3 aromatic rings. The van der Waals surface area contributed by atoms with Crippen LogP contribution < -0.4 is 23.7 Å². The van der Waals surface area contributed by atoms with Crippen molar-refractivity contribution in [2.75, 3.05) is 19.8 Å². The van der Waals surface area contributed by atoms with E-state index in [4.69, 9.17) is 23.7 Å². The highest BCUT2D eigenvalue weighted by molar-refractivity contribution is 5.93. The van der Waals surface area contributed by atoms with Gasteiger partial charge in [0.2, 0.25) is 5.75 Å².